The predicted molar refractivity (Wildman–Crippen MR) is 126 cm³/mol. The number of aromatic nitrogens is 2. The van der Waals surface area contributed by atoms with E-state index in [4.69, 9.17) is 4.74 Å². The summed E-state index contributed by atoms with van der Waals surface area (Å²) in [6.45, 7) is 3.88. The first-order valence-corrected chi connectivity index (χ1v) is 10.4. The highest BCUT2D eigenvalue weighted by atomic mass is 16.5. The maximum Gasteiger partial charge on any atom is 0.360 e. The lowest BCUT2D eigenvalue weighted by atomic mass is 10.1. The minimum Gasteiger partial charge on any atom is -0.442 e. The molecule has 1 amide bonds. The second-order valence-corrected chi connectivity index (χ2v) is 7.88. The Morgan fingerprint density at radius 2 is 1.52 bits per heavy atom. The first-order valence-electron chi connectivity index (χ1n) is 10.4. The van der Waals surface area contributed by atoms with E-state index in [9.17, 15) is 14.4 Å². The van der Waals surface area contributed by atoms with Crippen LogP contribution in [0.15, 0.2) is 77.6 Å². The van der Waals surface area contributed by atoms with E-state index in [-0.39, 0.29) is 11.3 Å². The topological polar surface area (TPSA) is 90.3 Å². The van der Waals surface area contributed by atoms with Gasteiger partial charge in [-0.3, -0.25) is 9.59 Å². The number of amides is 1. The van der Waals surface area contributed by atoms with Gasteiger partial charge in [0, 0.05) is 23.7 Å². The zero-order valence-electron chi connectivity index (χ0n) is 18.5. The maximum atomic E-state index is 13.2. The molecule has 33 heavy (non-hydrogen) atoms. The quantitative estimate of drug-likeness (QED) is 0.471. The number of nitrogens with zero attached hydrogens (tertiary/aromatic N) is 2. The number of carbonyl (C=O) groups is 2. The molecule has 0 fully saturated rings. The second kappa shape index (κ2) is 9.08. The summed E-state index contributed by atoms with van der Waals surface area (Å²) in [7, 11) is 1.47. The van der Waals surface area contributed by atoms with Gasteiger partial charge < -0.3 is 10.1 Å². The largest absolute Gasteiger partial charge is 0.442 e. The Labute approximate surface area is 190 Å². The van der Waals surface area contributed by atoms with Gasteiger partial charge in [0.25, 0.3) is 11.5 Å². The van der Waals surface area contributed by atoms with E-state index in [1.165, 1.54) is 7.05 Å². The van der Waals surface area contributed by atoms with Crippen molar-refractivity contribution in [3.63, 3.8) is 0 Å². The number of esters is 1. The summed E-state index contributed by atoms with van der Waals surface area (Å²) >= 11 is 0. The average molecular weight is 441 g/mol. The Morgan fingerprint density at radius 1 is 0.909 bits per heavy atom. The van der Waals surface area contributed by atoms with Crippen LogP contribution in [-0.4, -0.2) is 21.7 Å². The molecule has 166 valence electrons. The van der Waals surface area contributed by atoms with Gasteiger partial charge in [0.05, 0.1) is 5.39 Å². The molecule has 1 unspecified atom stereocenters. The number of benzene rings is 3. The standard InChI is InChI=1S/C26H23N3O4/c1-16-13-17(2)15-19(14-16)27-24(30)23(18-9-5-4-6-10-18)33-26(32)22-20-11-7-8-12-21(20)25(31)29(3)28-22/h4-15,23H,1-3H3,(H,27,30). The van der Waals surface area contributed by atoms with Crippen LogP contribution in [0.25, 0.3) is 10.8 Å². The lowest BCUT2D eigenvalue weighted by molar-refractivity contribution is -0.125. The minimum absolute atomic E-state index is 0.0344. The molecule has 1 heterocycles. The van der Waals surface area contributed by atoms with Crippen LogP contribution in [0.5, 0.6) is 0 Å². The van der Waals surface area contributed by atoms with Crippen LogP contribution in [0.4, 0.5) is 5.69 Å². The van der Waals surface area contributed by atoms with Gasteiger partial charge in [-0.05, 0) is 43.2 Å². The van der Waals surface area contributed by atoms with Gasteiger partial charge in [0.15, 0.2) is 5.69 Å². The van der Waals surface area contributed by atoms with Crippen molar-refractivity contribution in [2.75, 3.05) is 5.32 Å². The first kappa shape index (κ1) is 22.0. The number of carbonyl (C=O) groups excluding carboxylic acids is 2. The molecule has 3 aromatic carbocycles. The van der Waals surface area contributed by atoms with Crippen molar-refractivity contribution < 1.29 is 14.3 Å². The molecule has 0 aliphatic heterocycles. The number of rotatable bonds is 5. The zero-order valence-corrected chi connectivity index (χ0v) is 18.5. The van der Waals surface area contributed by atoms with Crippen molar-refractivity contribution >= 4 is 28.3 Å². The number of ether oxygens (including phenoxy) is 1. The molecule has 1 N–H and O–H groups in total. The van der Waals surface area contributed by atoms with Gasteiger partial charge in [0.1, 0.15) is 0 Å². The van der Waals surface area contributed by atoms with E-state index in [2.05, 4.69) is 10.4 Å². The van der Waals surface area contributed by atoms with Gasteiger partial charge in [-0.2, -0.15) is 5.10 Å². The highest BCUT2D eigenvalue weighted by molar-refractivity contribution is 6.04. The second-order valence-electron chi connectivity index (χ2n) is 7.88. The fourth-order valence-corrected chi connectivity index (χ4v) is 3.77. The van der Waals surface area contributed by atoms with Crippen molar-refractivity contribution in [2.24, 2.45) is 7.05 Å². The third-order valence-corrected chi connectivity index (χ3v) is 5.20. The van der Waals surface area contributed by atoms with Gasteiger partial charge in [0.2, 0.25) is 6.10 Å². The smallest absolute Gasteiger partial charge is 0.360 e. The van der Waals surface area contributed by atoms with E-state index in [0.29, 0.717) is 22.0 Å². The van der Waals surface area contributed by atoms with Gasteiger partial charge in [-0.1, -0.05) is 54.6 Å². The van der Waals surface area contributed by atoms with Crippen LogP contribution in [0.2, 0.25) is 0 Å². The van der Waals surface area contributed by atoms with Gasteiger partial charge >= 0.3 is 5.97 Å². The van der Waals surface area contributed by atoms with Crippen LogP contribution >= 0.6 is 0 Å². The number of nitrogens with one attached hydrogen (secondary N) is 1. The van der Waals surface area contributed by atoms with E-state index in [1.807, 2.05) is 38.1 Å². The molecular formula is C26H23N3O4. The van der Waals surface area contributed by atoms with Crippen molar-refractivity contribution in [2.45, 2.75) is 20.0 Å². The van der Waals surface area contributed by atoms with E-state index < -0.39 is 18.0 Å². The summed E-state index contributed by atoms with van der Waals surface area (Å²) in [6, 6.07) is 21.1. The summed E-state index contributed by atoms with van der Waals surface area (Å²) in [5, 5.41) is 7.67. The molecule has 4 aromatic rings. The van der Waals surface area contributed by atoms with E-state index in [0.717, 1.165) is 15.8 Å². The summed E-state index contributed by atoms with van der Waals surface area (Å²) in [5.41, 5.74) is 2.77. The third-order valence-electron chi connectivity index (χ3n) is 5.20. The van der Waals surface area contributed by atoms with Crippen molar-refractivity contribution in [3.8, 4) is 0 Å². The van der Waals surface area contributed by atoms with E-state index >= 15 is 0 Å². The summed E-state index contributed by atoms with van der Waals surface area (Å²) in [6.07, 6.45) is -1.21. The Balaban J connectivity index is 1.70. The van der Waals surface area contributed by atoms with Crippen LogP contribution in [0, 0.1) is 13.8 Å². The molecule has 0 saturated heterocycles. The lowest BCUT2D eigenvalue weighted by Gasteiger charge is -2.19. The van der Waals surface area contributed by atoms with Crippen LogP contribution in [-0.2, 0) is 16.6 Å². The van der Waals surface area contributed by atoms with E-state index in [1.54, 1.807) is 48.5 Å². The summed E-state index contributed by atoms with van der Waals surface area (Å²) < 4.78 is 6.78. The van der Waals surface area contributed by atoms with Crippen LogP contribution < -0.4 is 10.9 Å². The Hall–Kier alpha value is -4.26. The molecule has 0 spiro atoms. The zero-order chi connectivity index (χ0) is 23.5. The van der Waals surface area contributed by atoms with Gasteiger partial charge in [-0.25, -0.2) is 9.48 Å². The van der Waals surface area contributed by atoms with Crippen molar-refractivity contribution in [1.82, 2.24) is 9.78 Å². The SMILES string of the molecule is Cc1cc(C)cc(NC(=O)C(OC(=O)c2nn(C)c(=O)c3ccccc23)c2ccccc2)c1. The highest BCUT2D eigenvalue weighted by Crippen LogP contribution is 2.24. The third kappa shape index (κ3) is 4.67. The molecule has 0 bridgehead atoms. The number of hydrogen-bond donors (Lipinski definition) is 1. The Morgan fingerprint density at radius 3 is 2.18 bits per heavy atom. The molecular weight excluding hydrogens is 418 g/mol. The Kier molecular flexibility index (Phi) is 6.04. The average Bonchev–Trinajstić information content (AvgIpc) is 2.79. The maximum absolute atomic E-state index is 13.2. The van der Waals surface area contributed by atoms with Crippen molar-refractivity contribution in [1.29, 1.82) is 0 Å². The normalized spacial score (nSPS) is 11.7. The molecule has 1 aromatic heterocycles. The van der Waals surface area contributed by atoms with Crippen LogP contribution in [0.3, 0.4) is 0 Å². The number of anilines is 1. The first-order chi connectivity index (χ1) is 15.8. The predicted octanol–water partition coefficient (Wildman–Crippen LogP) is 4.09. The summed E-state index contributed by atoms with van der Waals surface area (Å²) in [5.74, 6) is -1.29. The number of hydrogen-bond acceptors (Lipinski definition) is 5. The highest BCUT2D eigenvalue weighted by Gasteiger charge is 2.28. The molecule has 0 radical (unpaired) electrons. The molecule has 0 aliphatic rings. The molecule has 4 rings (SSSR count). The molecule has 7 nitrogen and oxygen atoms in total. The fourth-order valence-electron chi connectivity index (χ4n) is 3.77. The Bertz CT molecular complexity index is 1390. The molecule has 7 heteroatoms. The summed E-state index contributed by atoms with van der Waals surface area (Å²) in [4.78, 5) is 38.8. The van der Waals surface area contributed by atoms with Gasteiger partial charge in [-0.15, -0.1) is 0 Å². The fraction of sp³-hybridized carbons (Fsp3) is 0.154. The van der Waals surface area contributed by atoms with Crippen molar-refractivity contribution in [3.05, 3.63) is 106 Å². The number of aryl methyl sites for hydroxylation is 3. The number of fused-ring (bicyclic) bond motifs is 1. The molecule has 0 aliphatic carbocycles. The molecule has 1 atom stereocenters. The van der Waals surface area contributed by atoms with Crippen LogP contribution in [0.1, 0.15) is 33.3 Å². The molecule has 0 saturated carbocycles. The lowest BCUT2D eigenvalue weighted by Crippen LogP contribution is -2.28. The monoisotopic (exact) mass is 441 g/mol. The minimum atomic E-state index is -1.21.